The Morgan fingerprint density at radius 3 is 2.71 bits per heavy atom. The number of carbonyl (C=O) groups is 1. The summed E-state index contributed by atoms with van der Waals surface area (Å²) < 4.78 is 41.7. The summed E-state index contributed by atoms with van der Waals surface area (Å²) in [6.45, 7) is -0.0847. The van der Waals surface area contributed by atoms with E-state index in [2.05, 4.69) is 4.74 Å². The lowest BCUT2D eigenvalue weighted by Gasteiger charge is -2.08. The lowest BCUT2D eigenvalue weighted by Crippen LogP contribution is -2.09. The SMILES string of the molecule is O=C(OC/C=C/Cl)c1cccc(C(F)(F)F)c1. The minimum absolute atomic E-state index is 0.0847. The fourth-order valence-corrected chi connectivity index (χ4v) is 1.14. The molecule has 1 rings (SSSR count). The summed E-state index contributed by atoms with van der Waals surface area (Å²) in [5.74, 6) is -0.828. The smallest absolute Gasteiger partial charge is 0.416 e. The highest BCUT2D eigenvalue weighted by molar-refractivity contribution is 6.25. The molecule has 0 saturated carbocycles. The van der Waals surface area contributed by atoms with E-state index in [-0.39, 0.29) is 12.2 Å². The molecule has 0 aliphatic rings. The van der Waals surface area contributed by atoms with Gasteiger partial charge in [-0.15, -0.1) is 0 Å². The molecule has 0 aliphatic carbocycles. The molecule has 17 heavy (non-hydrogen) atoms. The van der Waals surface area contributed by atoms with Gasteiger partial charge in [-0.25, -0.2) is 4.79 Å². The van der Waals surface area contributed by atoms with Crippen LogP contribution < -0.4 is 0 Å². The van der Waals surface area contributed by atoms with Crippen LogP contribution in [0.15, 0.2) is 35.9 Å². The average molecular weight is 265 g/mol. The van der Waals surface area contributed by atoms with Crippen molar-refractivity contribution < 1.29 is 22.7 Å². The van der Waals surface area contributed by atoms with Gasteiger partial charge in [0.2, 0.25) is 0 Å². The highest BCUT2D eigenvalue weighted by atomic mass is 35.5. The van der Waals surface area contributed by atoms with Gasteiger partial charge in [-0.3, -0.25) is 0 Å². The number of alkyl halides is 3. The summed E-state index contributed by atoms with van der Waals surface area (Å²) in [5, 5.41) is 0. The lowest BCUT2D eigenvalue weighted by molar-refractivity contribution is -0.137. The first-order chi connectivity index (χ1) is 7.95. The largest absolute Gasteiger partial charge is 0.458 e. The molecule has 0 atom stereocenters. The second kappa shape index (κ2) is 5.72. The van der Waals surface area contributed by atoms with Gasteiger partial charge in [0.25, 0.3) is 0 Å². The Hall–Kier alpha value is -1.49. The molecule has 0 heterocycles. The molecule has 0 N–H and O–H groups in total. The standard InChI is InChI=1S/C11H8ClF3O2/c12-5-2-6-17-10(16)8-3-1-4-9(7-8)11(13,14)15/h1-5,7H,6H2/b5-2+. The fourth-order valence-electron chi connectivity index (χ4n) is 1.07. The molecule has 92 valence electrons. The Kier molecular flexibility index (Phi) is 4.57. The molecule has 0 fully saturated rings. The monoisotopic (exact) mass is 264 g/mol. The molecule has 0 saturated heterocycles. The van der Waals surface area contributed by atoms with E-state index >= 15 is 0 Å². The maximum atomic E-state index is 12.4. The van der Waals surface area contributed by atoms with Crippen LogP contribution in [0.25, 0.3) is 0 Å². The van der Waals surface area contributed by atoms with Crippen molar-refractivity contribution in [2.45, 2.75) is 6.18 Å². The Bertz CT molecular complexity index is 427. The lowest BCUT2D eigenvalue weighted by atomic mass is 10.1. The summed E-state index contributed by atoms with van der Waals surface area (Å²) >= 11 is 5.20. The molecule has 0 aliphatic heterocycles. The molecule has 2 nitrogen and oxygen atoms in total. The molecule has 6 heteroatoms. The van der Waals surface area contributed by atoms with Crippen molar-refractivity contribution in [2.75, 3.05) is 6.61 Å². The van der Waals surface area contributed by atoms with Gasteiger partial charge < -0.3 is 4.74 Å². The number of hydrogen-bond donors (Lipinski definition) is 0. The fraction of sp³-hybridized carbons (Fsp3) is 0.182. The second-order valence-electron chi connectivity index (χ2n) is 3.04. The molecular formula is C11H8ClF3O2. The van der Waals surface area contributed by atoms with Crippen molar-refractivity contribution in [3.63, 3.8) is 0 Å². The quantitative estimate of drug-likeness (QED) is 0.780. The third kappa shape index (κ3) is 4.11. The summed E-state index contributed by atoms with van der Waals surface area (Å²) in [7, 11) is 0. The van der Waals surface area contributed by atoms with Gasteiger partial charge in [0.1, 0.15) is 6.61 Å². The number of halogens is 4. The number of hydrogen-bond acceptors (Lipinski definition) is 2. The van der Waals surface area contributed by atoms with Crippen LogP contribution in [0.1, 0.15) is 15.9 Å². The van der Waals surface area contributed by atoms with Crippen molar-refractivity contribution in [3.8, 4) is 0 Å². The predicted molar refractivity (Wildman–Crippen MR) is 56.7 cm³/mol. The topological polar surface area (TPSA) is 26.3 Å². The van der Waals surface area contributed by atoms with Gasteiger partial charge in [0, 0.05) is 5.54 Å². The van der Waals surface area contributed by atoms with E-state index in [1.807, 2.05) is 0 Å². The Balaban J connectivity index is 2.81. The van der Waals surface area contributed by atoms with Crippen LogP contribution in [-0.4, -0.2) is 12.6 Å². The molecule has 1 aromatic carbocycles. The van der Waals surface area contributed by atoms with Crippen molar-refractivity contribution >= 4 is 17.6 Å². The first-order valence-electron chi connectivity index (χ1n) is 4.55. The van der Waals surface area contributed by atoms with Crippen molar-refractivity contribution in [3.05, 3.63) is 47.0 Å². The van der Waals surface area contributed by atoms with E-state index in [1.54, 1.807) is 0 Å². The zero-order valence-electron chi connectivity index (χ0n) is 8.50. The summed E-state index contributed by atoms with van der Waals surface area (Å²) in [5.41, 5.74) is 0.113. The van der Waals surface area contributed by atoms with Gasteiger partial charge in [-0.2, -0.15) is 13.2 Å². The van der Waals surface area contributed by atoms with Gasteiger partial charge >= 0.3 is 12.1 Å². The zero-order valence-corrected chi connectivity index (χ0v) is 9.26. The Morgan fingerprint density at radius 2 is 2.12 bits per heavy atom. The van der Waals surface area contributed by atoms with Crippen molar-refractivity contribution in [1.82, 2.24) is 0 Å². The van der Waals surface area contributed by atoms with Crippen LogP contribution >= 0.6 is 11.6 Å². The Labute approximate surface area is 101 Å². The van der Waals surface area contributed by atoms with Crippen molar-refractivity contribution in [1.29, 1.82) is 0 Å². The van der Waals surface area contributed by atoms with Crippen LogP contribution in [0.2, 0.25) is 0 Å². The molecule has 0 amide bonds. The highest BCUT2D eigenvalue weighted by Crippen LogP contribution is 2.29. The van der Waals surface area contributed by atoms with Crippen LogP contribution in [-0.2, 0) is 10.9 Å². The third-order valence-corrected chi connectivity index (χ3v) is 2.00. The summed E-state index contributed by atoms with van der Waals surface area (Å²) in [4.78, 5) is 11.3. The van der Waals surface area contributed by atoms with E-state index in [0.717, 1.165) is 23.7 Å². The van der Waals surface area contributed by atoms with E-state index in [9.17, 15) is 18.0 Å². The van der Waals surface area contributed by atoms with E-state index in [1.165, 1.54) is 12.1 Å². The molecule has 0 aromatic heterocycles. The van der Waals surface area contributed by atoms with Gasteiger partial charge in [0.15, 0.2) is 0 Å². The molecule has 0 bridgehead atoms. The molecular weight excluding hydrogens is 257 g/mol. The maximum absolute atomic E-state index is 12.4. The van der Waals surface area contributed by atoms with Gasteiger partial charge in [0.05, 0.1) is 11.1 Å². The summed E-state index contributed by atoms with van der Waals surface area (Å²) in [6.07, 6.45) is -3.13. The zero-order chi connectivity index (χ0) is 12.9. The van der Waals surface area contributed by atoms with E-state index in [4.69, 9.17) is 11.6 Å². The minimum Gasteiger partial charge on any atom is -0.458 e. The summed E-state index contributed by atoms with van der Waals surface area (Å²) in [6, 6.07) is 4.03. The molecule has 1 aromatic rings. The van der Waals surface area contributed by atoms with Crippen LogP contribution in [0, 0.1) is 0 Å². The molecule has 0 radical (unpaired) electrons. The predicted octanol–water partition coefficient (Wildman–Crippen LogP) is 3.61. The Morgan fingerprint density at radius 1 is 1.41 bits per heavy atom. The minimum atomic E-state index is -4.48. The molecule has 0 unspecified atom stereocenters. The normalized spacial score (nSPS) is 11.8. The number of rotatable bonds is 3. The van der Waals surface area contributed by atoms with E-state index < -0.39 is 17.7 Å². The first kappa shape index (κ1) is 13.6. The number of ether oxygens (including phenoxy) is 1. The van der Waals surface area contributed by atoms with Gasteiger partial charge in [-0.05, 0) is 24.3 Å². The van der Waals surface area contributed by atoms with Gasteiger partial charge in [-0.1, -0.05) is 17.7 Å². The highest BCUT2D eigenvalue weighted by Gasteiger charge is 2.30. The van der Waals surface area contributed by atoms with Crippen LogP contribution in [0.3, 0.4) is 0 Å². The number of carbonyl (C=O) groups excluding carboxylic acids is 1. The van der Waals surface area contributed by atoms with Crippen LogP contribution in [0.5, 0.6) is 0 Å². The molecule has 0 spiro atoms. The maximum Gasteiger partial charge on any atom is 0.416 e. The van der Waals surface area contributed by atoms with E-state index in [0.29, 0.717) is 0 Å². The number of benzene rings is 1. The average Bonchev–Trinajstić information content (AvgIpc) is 2.28. The van der Waals surface area contributed by atoms with Crippen molar-refractivity contribution in [2.24, 2.45) is 0 Å². The third-order valence-electron chi connectivity index (χ3n) is 1.83. The second-order valence-corrected chi connectivity index (χ2v) is 3.29. The number of esters is 1. The van der Waals surface area contributed by atoms with Crippen LogP contribution in [0.4, 0.5) is 13.2 Å². The first-order valence-corrected chi connectivity index (χ1v) is 4.98.